The molecular formula is C17H26O4. The minimum Gasteiger partial charge on any atom is -0.491 e. The van der Waals surface area contributed by atoms with Gasteiger partial charge in [-0.3, -0.25) is 4.79 Å². The fraction of sp³-hybridized carbons (Fsp3) is 0.588. The second-order valence-corrected chi connectivity index (χ2v) is 5.70. The van der Waals surface area contributed by atoms with Gasteiger partial charge in [0.05, 0.1) is 24.7 Å². The van der Waals surface area contributed by atoms with Crippen LogP contribution in [0.2, 0.25) is 0 Å². The van der Waals surface area contributed by atoms with Gasteiger partial charge in [-0.2, -0.15) is 0 Å². The average molecular weight is 294 g/mol. The first-order valence-electron chi connectivity index (χ1n) is 7.48. The number of aliphatic hydroxyl groups excluding tert-OH is 1. The molecule has 0 saturated carbocycles. The molecule has 0 radical (unpaired) electrons. The van der Waals surface area contributed by atoms with E-state index in [1.54, 1.807) is 31.2 Å². The number of hydrogen-bond acceptors (Lipinski definition) is 4. The zero-order chi connectivity index (χ0) is 16.0. The maximum atomic E-state index is 12.0. The molecule has 0 saturated heterocycles. The van der Waals surface area contributed by atoms with Gasteiger partial charge in [0.2, 0.25) is 0 Å². The molecule has 0 aromatic heterocycles. The fourth-order valence-corrected chi connectivity index (χ4v) is 2.23. The Bertz CT molecular complexity index is 437. The van der Waals surface area contributed by atoms with E-state index >= 15 is 0 Å². The summed E-state index contributed by atoms with van der Waals surface area (Å²) < 4.78 is 10.6. The highest BCUT2D eigenvalue weighted by Gasteiger charge is 2.32. The van der Waals surface area contributed by atoms with Crippen molar-refractivity contribution in [3.8, 4) is 5.75 Å². The summed E-state index contributed by atoms with van der Waals surface area (Å²) in [6.45, 7) is 9.80. The molecule has 0 aliphatic heterocycles. The highest BCUT2D eigenvalue weighted by atomic mass is 16.5. The zero-order valence-corrected chi connectivity index (χ0v) is 13.5. The van der Waals surface area contributed by atoms with Crippen LogP contribution in [0.25, 0.3) is 0 Å². The van der Waals surface area contributed by atoms with Crippen molar-refractivity contribution in [3.63, 3.8) is 0 Å². The summed E-state index contributed by atoms with van der Waals surface area (Å²) in [5.74, 6) is -0.187. The number of carbonyl (C=O) groups is 1. The molecule has 118 valence electrons. The molecule has 1 rings (SSSR count). The smallest absolute Gasteiger partial charge is 0.312 e. The topological polar surface area (TPSA) is 55.8 Å². The Morgan fingerprint density at radius 1 is 1.14 bits per heavy atom. The van der Waals surface area contributed by atoms with Crippen molar-refractivity contribution in [1.82, 2.24) is 0 Å². The first kappa shape index (κ1) is 17.5. The van der Waals surface area contributed by atoms with Gasteiger partial charge in [-0.15, -0.1) is 0 Å². The quantitative estimate of drug-likeness (QED) is 0.784. The van der Waals surface area contributed by atoms with E-state index in [9.17, 15) is 9.90 Å². The lowest BCUT2D eigenvalue weighted by Gasteiger charge is -2.25. The number of esters is 1. The number of aliphatic hydroxyl groups is 1. The second kappa shape index (κ2) is 8.03. The Kier molecular flexibility index (Phi) is 6.69. The molecule has 0 aliphatic carbocycles. The van der Waals surface area contributed by atoms with Gasteiger partial charge in [0.25, 0.3) is 0 Å². The lowest BCUT2D eigenvalue weighted by molar-refractivity contribution is -0.154. The molecule has 2 atom stereocenters. The second-order valence-electron chi connectivity index (χ2n) is 5.70. The van der Waals surface area contributed by atoms with Crippen LogP contribution >= 0.6 is 0 Å². The van der Waals surface area contributed by atoms with Gasteiger partial charge >= 0.3 is 5.97 Å². The van der Waals surface area contributed by atoms with Crippen molar-refractivity contribution in [2.24, 2.45) is 11.8 Å². The lowest BCUT2D eigenvalue weighted by atomic mass is 9.86. The van der Waals surface area contributed by atoms with Crippen LogP contribution in [-0.2, 0) is 9.53 Å². The Morgan fingerprint density at radius 2 is 1.71 bits per heavy atom. The van der Waals surface area contributed by atoms with E-state index in [4.69, 9.17) is 9.47 Å². The molecule has 0 heterocycles. The first-order valence-corrected chi connectivity index (χ1v) is 7.48. The van der Waals surface area contributed by atoms with E-state index in [0.717, 1.165) is 5.75 Å². The van der Waals surface area contributed by atoms with Crippen molar-refractivity contribution in [2.45, 2.75) is 46.8 Å². The van der Waals surface area contributed by atoms with Crippen molar-refractivity contribution in [1.29, 1.82) is 0 Å². The molecule has 1 N–H and O–H groups in total. The predicted octanol–water partition coefficient (Wildman–Crippen LogP) is 3.34. The monoisotopic (exact) mass is 294 g/mol. The first-order chi connectivity index (χ1) is 9.86. The van der Waals surface area contributed by atoms with Crippen LogP contribution in [0.3, 0.4) is 0 Å². The van der Waals surface area contributed by atoms with Crippen LogP contribution in [0.1, 0.15) is 46.3 Å². The van der Waals surface area contributed by atoms with Gasteiger partial charge in [0.15, 0.2) is 0 Å². The molecule has 1 aromatic rings. The summed E-state index contributed by atoms with van der Waals surface area (Å²) in [4.78, 5) is 12.0. The maximum absolute atomic E-state index is 12.0. The van der Waals surface area contributed by atoms with Crippen LogP contribution in [0.5, 0.6) is 5.75 Å². The van der Waals surface area contributed by atoms with Gasteiger partial charge in [-0.1, -0.05) is 26.0 Å². The number of carbonyl (C=O) groups excluding carboxylic acids is 1. The third-order valence-electron chi connectivity index (χ3n) is 3.21. The average Bonchev–Trinajstić information content (AvgIpc) is 2.38. The summed E-state index contributed by atoms with van der Waals surface area (Å²) in [6, 6.07) is 7.19. The largest absolute Gasteiger partial charge is 0.491 e. The molecule has 2 unspecified atom stereocenters. The van der Waals surface area contributed by atoms with Crippen LogP contribution < -0.4 is 4.74 Å². The zero-order valence-electron chi connectivity index (χ0n) is 13.5. The van der Waals surface area contributed by atoms with Crippen LogP contribution in [0.4, 0.5) is 0 Å². The normalized spacial score (nSPS) is 14.1. The maximum Gasteiger partial charge on any atom is 0.312 e. The van der Waals surface area contributed by atoms with Gasteiger partial charge in [-0.05, 0) is 44.4 Å². The molecule has 21 heavy (non-hydrogen) atoms. The number of rotatable bonds is 7. The SMILES string of the molecule is CCOC(=O)C(C(C)C)C(O)c1ccc(OC(C)C)cc1. The molecule has 0 amide bonds. The Morgan fingerprint density at radius 3 is 2.14 bits per heavy atom. The fourth-order valence-electron chi connectivity index (χ4n) is 2.23. The molecule has 4 nitrogen and oxygen atoms in total. The predicted molar refractivity (Wildman–Crippen MR) is 82.1 cm³/mol. The van der Waals surface area contributed by atoms with E-state index in [1.807, 2.05) is 27.7 Å². The highest BCUT2D eigenvalue weighted by molar-refractivity contribution is 5.73. The van der Waals surface area contributed by atoms with E-state index in [1.165, 1.54) is 0 Å². The third kappa shape index (κ3) is 5.05. The molecule has 0 spiro atoms. The van der Waals surface area contributed by atoms with Crippen LogP contribution in [0, 0.1) is 11.8 Å². The summed E-state index contributed by atoms with van der Waals surface area (Å²) in [5.41, 5.74) is 0.692. The molecule has 0 bridgehead atoms. The van der Waals surface area contributed by atoms with Crippen molar-refractivity contribution >= 4 is 5.97 Å². The van der Waals surface area contributed by atoms with Crippen LogP contribution in [-0.4, -0.2) is 23.8 Å². The standard InChI is InChI=1S/C17H26O4/c1-6-20-17(19)15(11(2)3)16(18)13-7-9-14(10-8-13)21-12(4)5/h7-12,15-16,18H,6H2,1-5H3. The Hall–Kier alpha value is -1.55. The van der Waals surface area contributed by atoms with Gasteiger partial charge in [0, 0.05) is 0 Å². The molecular weight excluding hydrogens is 268 g/mol. The third-order valence-corrected chi connectivity index (χ3v) is 3.21. The molecule has 1 aromatic carbocycles. The Labute approximate surface area is 127 Å². The van der Waals surface area contributed by atoms with E-state index in [2.05, 4.69) is 0 Å². The molecule has 0 aliphatic rings. The highest BCUT2D eigenvalue weighted by Crippen LogP contribution is 2.30. The van der Waals surface area contributed by atoms with Crippen molar-refractivity contribution in [2.75, 3.05) is 6.61 Å². The van der Waals surface area contributed by atoms with E-state index in [-0.39, 0.29) is 18.0 Å². The number of ether oxygens (including phenoxy) is 2. The van der Waals surface area contributed by atoms with Gasteiger partial charge in [0.1, 0.15) is 5.75 Å². The lowest BCUT2D eigenvalue weighted by Crippen LogP contribution is -2.29. The van der Waals surface area contributed by atoms with Crippen molar-refractivity contribution in [3.05, 3.63) is 29.8 Å². The minimum atomic E-state index is -0.878. The Balaban J connectivity index is 2.88. The molecule has 0 fully saturated rings. The number of hydrogen-bond donors (Lipinski definition) is 1. The summed E-state index contributed by atoms with van der Waals surface area (Å²) in [5, 5.41) is 10.5. The van der Waals surface area contributed by atoms with E-state index in [0.29, 0.717) is 12.2 Å². The van der Waals surface area contributed by atoms with Crippen molar-refractivity contribution < 1.29 is 19.4 Å². The van der Waals surface area contributed by atoms with Crippen LogP contribution in [0.15, 0.2) is 24.3 Å². The summed E-state index contributed by atoms with van der Waals surface area (Å²) in [6.07, 6.45) is -0.777. The number of benzene rings is 1. The van der Waals surface area contributed by atoms with Gasteiger partial charge < -0.3 is 14.6 Å². The van der Waals surface area contributed by atoms with Gasteiger partial charge in [-0.25, -0.2) is 0 Å². The summed E-state index contributed by atoms with van der Waals surface area (Å²) in [7, 11) is 0. The summed E-state index contributed by atoms with van der Waals surface area (Å²) >= 11 is 0. The van der Waals surface area contributed by atoms with E-state index < -0.39 is 12.0 Å². The minimum absolute atomic E-state index is 0.00867. The molecule has 4 heteroatoms.